The summed E-state index contributed by atoms with van der Waals surface area (Å²) in [5.41, 5.74) is 4.80. The molecule has 0 aliphatic carbocycles. The molecule has 1 atom stereocenters. The van der Waals surface area contributed by atoms with Gasteiger partial charge in [-0.05, 0) is 29.3 Å². The maximum atomic E-state index is 6.03. The van der Waals surface area contributed by atoms with Crippen molar-refractivity contribution >= 4 is 22.5 Å². The second-order valence-electron chi connectivity index (χ2n) is 7.52. The summed E-state index contributed by atoms with van der Waals surface area (Å²) in [5.74, 6) is 0.972. The molecule has 0 spiro atoms. The summed E-state index contributed by atoms with van der Waals surface area (Å²) < 4.78 is 10.5. The number of ether oxygens (including phenoxy) is 1. The van der Waals surface area contributed by atoms with Crippen LogP contribution in [0.1, 0.15) is 11.4 Å². The number of aryl methyl sites for hydroxylation is 1. The molecule has 0 saturated heterocycles. The minimum Gasteiger partial charge on any atom is -0.367 e. The van der Waals surface area contributed by atoms with E-state index in [1.807, 2.05) is 30.5 Å². The van der Waals surface area contributed by atoms with E-state index in [1.165, 1.54) is 16.5 Å². The molecule has 2 aromatic heterocycles. The first-order valence-corrected chi connectivity index (χ1v) is 10.2. The molecule has 2 aromatic carbocycles. The SMILES string of the molecule is Cn1cc(CNCC2Cn3c(-c4ccc(Cl)cc4)cnc3CO2)c2ccccc21. The van der Waals surface area contributed by atoms with Gasteiger partial charge in [-0.3, -0.25) is 0 Å². The van der Waals surface area contributed by atoms with Crippen LogP contribution in [0.2, 0.25) is 5.02 Å². The summed E-state index contributed by atoms with van der Waals surface area (Å²) in [7, 11) is 2.09. The number of imidazole rings is 1. The largest absolute Gasteiger partial charge is 0.367 e. The van der Waals surface area contributed by atoms with E-state index in [-0.39, 0.29) is 6.10 Å². The number of hydrogen-bond donors (Lipinski definition) is 1. The third kappa shape index (κ3) is 3.57. The fourth-order valence-electron chi connectivity index (χ4n) is 4.09. The molecule has 6 heteroatoms. The summed E-state index contributed by atoms with van der Waals surface area (Å²) in [4.78, 5) is 4.54. The number of nitrogens with zero attached hydrogens (tertiary/aromatic N) is 3. The lowest BCUT2D eigenvalue weighted by Gasteiger charge is -2.26. The lowest BCUT2D eigenvalue weighted by atomic mass is 10.1. The van der Waals surface area contributed by atoms with E-state index in [2.05, 4.69) is 56.9 Å². The Morgan fingerprint density at radius 3 is 2.86 bits per heavy atom. The molecular weight excluding hydrogens is 384 g/mol. The highest BCUT2D eigenvalue weighted by molar-refractivity contribution is 6.30. The van der Waals surface area contributed by atoms with Gasteiger partial charge in [-0.1, -0.05) is 41.9 Å². The van der Waals surface area contributed by atoms with Crippen LogP contribution in [-0.2, 0) is 31.5 Å². The van der Waals surface area contributed by atoms with Gasteiger partial charge in [-0.25, -0.2) is 4.98 Å². The number of fused-ring (bicyclic) bond motifs is 2. The second-order valence-corrected chi connectivity index (χ2v) is 7.96. The molecular formula is C23H23ClN4O. The fourth-order valence-corrected chi connectivity index (χ4v) is 4.22. The number of halogens is 1. The van der Waals surface area contributed by atoms with Crippen LogP contribution >= 0.6 is 11.6 Å². The molecule has 0 amide bonds. The molecule has 5 rings (SSSR count). The average molecular weight is 407 g/mol. The zero-order valence-corrected chi connectivity index (χ0v) is 17.1. The van der Waals surface area contributed by atoms with Crippen molar-refractivity contribution in [1.82, 2.24) is 19.4 Å². The van der Waals surface area contributed by atoms with Crippen molar-refractivity contribution in [2.75, 3.05) is 6.54 Å². The first-order chi connectivity index (χ1) is 14.2. The Morgan fingerprint density at radius 1 is 1.17 bits per heavy atom. The molecule has 0 saturated carbocycles. The normalized spacial score (nSPS) is 16.3. The molecule has 1 aliphatic heterocycles. The number of rotatable bonds is 5. The van der Waals surface area contributed by atoms with Gasteiger partial charge in [0, 0.05) is 42.3 Å². The van der Waals surface area contributed by atoms with Gasteiger partial charge in [0.25, 0.3) is 0 Å². The lowest BCUT2D eigenvalue weighted by Crippen LogP contribution is -2.36. The Hall–Kier alpha value is -2.60. The van der Waals surface area contributed by atoms with Crippen LogP contribution in [0.3, 0.4) is 0 Å². The molecule has 0 fully saturated rings. The van der Waals surface area contributed by atoms with Crippen LogP contribution in [0.25, 0.3) is 22.2 Å². The van der Waals surface area contributed by atoms with Crippen molar-refractivity contribution in [2.24, 2.45) is 7.05 Å². The Kier molecular flexibility index (Phi) is 4.87. The minimum atomic E-state index is 0.109. The summed E-state index contributed by atoms with van der Waals surface area (Å²) in [6.45, 7) is 2.94. The first kappa shape index (κ1) is 18.4. The Bertz CT molecular complexity index is 1150. The van der Waals surface area contributed by atoms with E-state index in [1.54, 1.807) is 0 Å². The highest BCUT2D eigenvalue weighted by Crippen LogP contribution is 2.26. The van der Waals surface area contributed by atoms with Crippen molar-refractivity contribution in [3.05, 3.63) is 77.3 Å². The molecule has 1 unspecified atom stereocenters. The van der Waals surface area contributed by atoms with E-state index in [9.17, 15) is 0 Å². The summed E-state index contributed by atoms with van der Waals surface area (Å²) in [6.07, 6.45) is 4.23. The summed E-state index contributed by atoms with van der Waals surface area (Å²) >= 11 is 6.03. The van der Waals surface area contributed by atoms with Gasteiger partial charge < -0.3 is 19.2 Å². The molecule has 29 heavy (non-hydrogen) atoms. The Morgan fingerprint density at radius 2 is 2.00 bits per heavy atom. The molecule has 4 aromatic rings. The van der Waals surface area contributed by atoms with Crippen molar-refractivity contribution in [3.63, 3.8) is 0 Å². The van der Waals surface area contributed by atoms with Crippen molar-refractivity contribution in [2.45, 2.75) is 25.8 Å². The minimum absolute atomic E-state index is 0.109. The molecule has 1 N–H and O–H groups in total. The fraction of sp³-hybridized carbons (Fsp3) is 0.261. The van der Waals surface area contributed by atoms with Gasteiger partial charge in [0.15, 0.2) is 0 Å². The maximum absolute atomic E-state index is 6.03. The Balaban J connectivity index is 1.27. The average Bonchev–Trinajstić information content (AvgIpc) is 3.30. The van der Waals surface area contributed by atoms with E-state index in [0.717, 1.165) is 41.7 Å². The number of aromatic nitrogens is 3. The Labute approximate surface area is 174 Å². The van der Waals surface area contributed by atoms with Crippen molar-refractivity contribution in [1.29, 1.82) is 0 Å². The molecule has 3 heterocycles. The van der Waals surface area contributed by atoms with Gasteiger partial charge in [0.05, 0.1) is 24.5 Å². The van der Waals surface area contributed by atoms with Crippen LogP contribution in [-0.4, -0.2) is 26.8 Å². The monoisotopic (exact) mass is 406 g/mol. The van der Waals surface area contributed by atoms with Crippen LogP contribution < -0.4 is 5.32 Å². The third-order valence-corrected chi connectivity index (χ3v) is 5.83. The van der Waals surface area contributed by atoms with Gasteiger partial charge in [0.1, 0.15) is 12.4 Å². The molecule has 1 aliphatic rings. The zero-order valence-electron chi connectivity index (χ0n) is 16.3. The standard InChI is InChI=1S/C23H23ClN4O/c1-27-13-17(20-4-2-3-5-21(20)27)10-25-11-19-14-28-22(12-26-23(28)15-29-19)16-6-8-18(24)9-7-16/h2-9,12-13,19,25H,10-11,14-15H2,1H3. The lowest BCUT2D eigenvalue weighted by molar-refractivity contribution is 0.00327. The van der Waals surface area contributed by atoms with Crippen LogP contribution in [0.4, 0.5) is 0 Å². The van der Waals surface area contributed by atoms with E-state index >= 15 is 0 Å². The first-order valence-electron chi connectivity index (χ1n) is 9.84. The van der Waals surface area contributed by atoms with Crippen molar-refractivity contribution in [3.8, 4) is 11.3 Å². The number of nitrogens with one attached hydrogen (secondary N) is 1. The molecule has 5 nitrogen and oxygen atoms in total. The van der Waals surface area contributed by atoms with Crippen LogP contribution in [0.15, 0.2) is 60.9 Å². The third-order valence-electron chi connectivity index (χ3n) is 5.58. The zero-order chi connectivity index (χ0) is 19.8. The summed E-state index contributed by atoms with van der Waals surface area (Å²) in [6, 6.07) is 16.4. The van der Waals surface area contributed by atoms with Gasteiger partial charge in [-0.2, -0.15) is 0 Å². The quantitative estimate of drug-likeness (QED) is 0.534. The van der Waals surface area contributed by atoms with Gasteiger partial charge in [0.2, 0.25) is 0 Å². The summed E-state index contributed by atoms with van der Waals surface area (Å²) in [5, 5.41) is 5.62. The van der Waals surface area contributed by atoms with Crippen LogP contribution in [0.5, 0.6) is 0 Å². The molecule has 0 bridgehead atoms. The topological polar surface area (TPSA) is 44.0 Å². The molecule has 148 valence electrons. The van der Waals surface area contributed by atoms with E-state index in [4.69, 9.17) is 16.3 Å². The van der Waals surface area contributed by atoms with Crippen LogP contribution in [0, 0.1) is 0 Å². The highest BCUT2D eigenvalue weighted by Gasteiger charge is 2.22. The number of benzene rings is 2. The number of hydrogen-bond acceptors (Lipinski definition) is 3. The second kappa shape index (κ2) is 7.67. The number of para-hydroxylation sites is 1. The predicted octanol–water partition coefficient (Wildman–Crippen LogP) is 4.38. The smallest absolute Gasteiger partial charge is 0.135 e. The van der Waals surface area contributed by atoms with E-state index < -0.39 is 0 Å². The van der Waals surface area contributed by atoms with Crippen molar-refractivity contribution < 1.29 is 4.74 Å². The molecule has 0 radical (unpaired) electrons. The maximum Gasteiger partial charge on any atom is 0.135 e. The van der Waals surface area contributed by atoms with Gasteiger partial charge in [-0.15, -0.1) is 0 Å². The van der Waals surface area contributed by atoms with Gasteiger partial charge >= 0.3 is 0 Å². The highest BCUT2D eigenvalue weighted by atomic mass is 35.5. The predicted molar refractivity (Wildman–Crippen MR) is 116 cm³/mol. The van der Waals surface area contributed by atoms with E-state index in [0.29, 0.717) is 6.61 Å².